The monoisotopic (exact) mass is 1030 g/mol. The van der Waals surface area contributed by atoms with E-state index in [1.54, 1.807) is 48.5 Å². The molecule has 0 radical (unpaired) electrons. The Morgan fingerprint density at radius 3 is 2.11 bits per heavy atom. The van der Waals surface area contributed by atoms with Gasteiger partial charge in [0.2, 0.25) is 10.0 Å². The third kappa shape index (κ3) is 12.7. The van der Waals surface area contributed by atoms with Crippen molar-refractivity contribution in [2.45, 2.75) is 215 Å². The zero-order valence-electron chi connectivity index (χ0n) is 43.0. The number of nitrogens with zero attached hydrogens (tertiary/aromatic N) is 2. The van der Waals surface area contributed by atoms with E-state index < -0.39 is 134 Å². The number of hydrogen-bond acceptors (Lipinski definition) is 16. The number of halogens is 3. The summed E-state index contributed by atoms with van der Waals surface area (Å²) in [5, 5.41) is 63.8. The Kier molecular flexibility index (Phi) is 19.1. The van der Waals surface area contributed by atoms with E-state index in [2.05, 4.69) is 10.2 Å². The molecular formula is C49H82F3N3O14S. The first-order valence-corrected chi connectivity index (χ1v) is 26.3. The Morgan fingerprint density at radius 2 is 1.54 bits per heavy atom. The summed E-state index contributed by atoms with van der Waals surface area (Å²) in [6.45, 7) is 18.7. The molecule has 6 N–H and O–H groups in total. The van der Waals surface area contributed by atoms with Crippen LogP contribution < -0.4 is 5.32 Å². The number of piperidine rings is 1. The zero-order valence-corrected chi connectivity index (χ0v) is 43.8. The molecule has 4 heterocycles. The first-order chi connectivity index (χ1) is 32.3. The molecule has 17 nitrogen and oxygen atoms in total. The molecule has 0 bridgehead atoms. The first kappa shape index (κ1) is 58.8. The molecule has 0 aliphatic carbocycles. The molecule has 4 aliphatic heterocycles. The third-order valence-electron chi connectivity index (χ3n) is 15.8. The van der Waals surface area contributed by atoms with E-state index >= 15 is 0 Å². The van der Waals surface area contributed by atoms with Gasteiger partial charge in [0.05, 0.1) is 52.4 Å². The van der Waals surface area contributed by atoms with Crippen molar-refractivity contribution in [2.24, 2.45) is 17.8 Å². The molecule has 0 amide bonds. The Balaban J connectivity index is 1.56. The molecule has 4 saturated heterocycles. The standard InChI is InChI=1S/C49H82F3N3O14S/c1-13-37-47(10,60)41(57)32(6)53-26-28(2)24-45(8,59)42(69-44-39(56)36(23-29(3)65-44)54(11)70(62,63)35-19-17-34(18-20-35)49(50,51)52)30(4)40(31(5)43(58)67-37)68-38-25-46(9,64-12)48(61,33(7)66-38)27-55-21-15-14-16-22-55/h17-20,28-33,36-42,44,53,56-57,59-61H,13-16,21-27H2,1-12H3/t28-,29-,30+,31-,32-,33+,36+,37-,38+,39-,40+,41-,42-,44+,45-,46-,47-,48+/m1/s1. The molecule has 0 aromatic heterocycles. The second kappa shape index (κ2) is 22.8. The van der Waals surface area contributed by atoms with Gasteiger partial charge >= 0.3 is 12.1 Å². The summed E-state index contributed by atoms with van der Waals surface area (Å²) >= 11 is 0. The number of β-amino-alcohol motifs (C(OH)–C–C–N with tert-alkyl or cyclic N) is 1. The number of likely N-dealkylation sites (N-methyl/N-ethyl adjacent to an activating group) is 1. The van der Waals surface area contributed by atoms with Crippen LogP contribution in [0.25, 0.3) is 0 Å². The minimum Gasteiger partial charge on any atom is -0.459 e. The van der Waals surface area contributed by atoms with Crippen molar-refractivity contribution in [2.75, 3.05) is 40.3 Å². The number of likely N-dealkylation sites (tertiary alicyclic amines) is 1. The van der Waals surface area contributed by atoms with Crippen molar-refractivity contribution in [3.05, 3.63) is 29.8 Å². The number of hydrogen-bond donors (Lipinski definition) is 6. The van der Waals surface area contributed by atoms with Gasteiger partial charge in [-0.15, -0.1) is 0 Å². The average molecular weight is 1030 g/mol. The fourth-order valence-corrected chi connectivity index (χ4v) is 12.6. The van der Waals surface area contributed by atoms with Crippen LogP contribution in [-0.2, 0) is 49.4 Å². The molecular weight excluding hydrogens is 944 g/mol. The lowest BCUT2D eigenvalue weighted by atomic mass is 9.74. The number of aliphatic hydroxyl groups excluding tert-OH is 2. The van der Waals surface area contributed by atoms with E-state index in [0.29, 0.717) is 12.1 Å². The van der Waals surface area contributed by atoms with Gasteiger partial charge in [0.1, 0.15) is 35.1 Å². The number of ether oxygens (including phenoxy) is 6. The van der Waals surface area contributed by atoms with Gasteiger partial charge in [0.25, 0.3) is 0 Å². The first-order valence-electron chi connectivity index (χ1n) is 24.9. The molecule has 1 aromatic rings. The third-order valence-corrected chi connectivity index (χ3v) is 17.7. The maximum atomic E-state index is 14.6. The highest BCUT2D eigenvalue weighted by Crippen LogP contribution is 2.44. The van der Waals surface area contributed by atoms with Gasteiger partial charge in [-0.3, -0.25) is 4.79 Å². The van der Waals surface area contributed by atoms with Crippen molar-refractivity contribution in [3.8, 4) is 0 Å². The number of sulfonamides is 1. The fraction of sp³-hybridized carbons (Fsp3) is 0.857. The number of methoxy groups -OCH3 is 1. The topological polar surface area (TPSA) is 226 Å². The van der Waals surface area contributed by atoms with Crippen molar-refractivity contribution in [1.82, 2.24) is 14.5 Å². The minimum absolute atomic E-state index is 0.00640. The van der Waals surface area contributed by atoms with Crippen molar-refractivity contribution < 1.29 is 80.3 Å². The molecule has 0 unspecified atom stereocenters. The average Bonchev–Trinajstić information content (AvgIpc) is 3.29. The van der Waals surface area contributed by atoms with Crippen molar-refractivity contribution in [3.63, 3.8) is 0 Å². The molecule has 4 fully saturated rings. The predicted octanol–water partition coefficient (Wildman–Crippen LogP) is 4.19. The Bertz CT molecular complexity index is 1980. The summed E-state index contributed by atoms with van der Waals surface area (Å²) in [7, 11) is -1.79. The maximum absolute atomic E-state index is 14.6. The van der Waals surface area contributed by atoms with E-state index in [4.69, 9.17) is 28.4 Å². The van der Waals surface area contributed by atoms with Crippen LogP contribution >= 0.6 is 0 Å². The molecule has 0 spiro atoms. The van der Waals surface area contributed by atoms with Crippen LogP contribution in [0, 0.1) is 17.8 Å². The lowest BCUT2D eigenvalue weighted by Gasteiger charge is -2.55. The number of carbonyl (C=O) groups is 1. The molecule has 70 heavy (non-hydrogen) atoms. The van der Waals surface area contributed by atoms with Crippen LogP contribution in [0.3, 0.4) is 0 Å². The highest BCUT2D eigenvalue weighted by molar-refractivity contribution is 7.89. The van der Waals surface area contributed by atoms with E-state index in [9.17, 15) is 51.9 Å². The normalized spacial score (nSPS) is 42.7. The molecule has 5 rings (SSSR count). The SMILES string of the molecule is CC[C@H]1OC(=O)[C@H](C)[C@@H](O[C@H]2C[C@@](C)(OC)[C@](O)(CN3CCCCC3)[C@H](C)O2)[C@H](C)[C@@H](O[C@@H]2O[C@H](C)C[C@H](N(C)S(=O)(=O)c3ccc(C(F)(F)F)cc3)[C@H]2O)[C@](C)(O)C[C@@H](C)CN[C@H](C)[C@@H](O)[C@]1(C)O. The van der Waals surface area contributed by atoms with Crippen LogP contribution in [0.2, 0.25) is 0 Å². The second-order valence-corrected chi connectivity index (χ2v) is 23.4. The van der Waals surface area contributed by atoms with Gasteiger partial charge in [-0.1, -0.05) is 27.2 Å². The number of alkyl halides is 3. The number of rotatable bonds is 11. The van der Waals surface area contributed by atoms with Crippen LogP contribution in [0.15, 0.2) is 29.2 Å². The molecule has 18 atom stereocenters. The van der Waals surface area contributed by atoms with Crippen LogP contribution in [-0.4, -0.2) is 179 Å². The van der Waals surface area contributed by atoms with Gasteiger partial charge in [-0.05, 0) is 130 Å². The van der Waals surface area contributed by atoms with E-state index in [-0.39, 0.29) is 44.7 Å². The van der Waals surface area contributed by atoms with Gasteiger partial charge in [-0.25, -0.2) is 8.42 Å². The Morgan fingerprint density at radius 1 is 0.929 bits per heavy atom. The number of aliphatic hydroxyl groups is 5. The van der Waals surface area contributed by atoms with Gasteiger partial charge in [-0.2, -0.15) is 17.5 Å². The van der Waals surface area contributed by atoms with Gasteiger partial charge < -0.3 is 64.2 Å². The summed E-state index contributed by atoms with van der Waals surface area (Å²) < 4.78 is 107. The second-order valence-electron chi connectivity index (χ2n) is 21.4. The summed E-state index contributed by atoms with van der Waals surface area (Å²) in [5.74, 6) is -3.39. The zero-order chi connectivity index (χ0) is 52.5. The summed E-state index contributed by atoms with van der Waals surface area (Å²) in [5.41, 5.74) is -7.52. The largest absolute Gasteiger partial charge is 0.459 e. The number of carbonyl (C=O) groups excluding carboxylic acids is 1. The molecule has 0 saturated carbocycles. The van der Waals surface area contributed by atoms with Crippen molar-refractivity contribution in [1.29, 1.82) is 0 Å². The number of benzene rings is 1. The lowest BCUT2D eigenvalue weighted by Crippen LogP contribution is -2.70. The molecule has 4 aliphatic rings. The van der Waals surface area contributed by atoms with E-state index in [1.807, 2.05) is 6.92 Å². The molecule has 1 aromatic carbocycles. The minimum atomic E-state index is -4.70. The van der Waals surface area contributed by atoms with E-state index in [1.165, 1.54) is 28.0 Å². The molecule has 21 heteroatoms. The summed E-state index contributed by atoms with van der Waals surface area (Å²) in [4.78, 5) is 16.3. The number of cyclic esters (lactones) is 1. The maximum Gasteiger partial charge on any atom is 0.416 e. The predicted molar refractivity (Wildman–Crippen MR) is 251 cm³/mol. The smallest absolute Gasteiger partial charge is 0.416 e. The summed E-state index contributed by atoms with van der Waals surface area (Å²) in [6, 6.07) is 1.09. The van der Waals surface area contributed by atoms with Crippen LogP contribution in [0.4, 0.5) is 13.2 Å². The highest BCUT2D eigenvalue weighted by atomic mass is 32.2. The Hall–Kier alpha value is -2.09. The quantitative estimate of drug-likeness (QED) is 0.171. The summed E-state index contributed by atoms with van der Waals surface area (Å²) in [6.07, 6.45) is -12.8. The van der Waals surface area contributed by atoms with Crippen LogP contribution in [0.1, 0.15) is 120 Å². The fourth-order valence-electron chi connectivity index (χ4n) is 11.2. The Labute approximate surface area is 412 Å². The van der Waals surface area contributed by atoms with E-state index in [0.717, 1.165) is 48.8 Å². The van der Waals surface area contributed by atoms with Gasteiger partial charge in [0, 0.05) is 39.1 Å². The van der Waals surface area contributed by atoms with Crippen molar-refractivity contribution >= 4 is 16.0 Å². The van der Waals surface area contributed by atoms with Crippen LogP contribution in [0.5, 0.6) is 0 Å². The van der Waals surface area contributed by atoms with Gasteiger partial charge in [0.15, 0.2) is 12.6 Å². The lowest BCUT2D eigenvalue weighted by molar-refractivity contribution is -0.339. The molecule has 404 valence electrons. The highest BCUT2D eigenvalue weighted by Gasteiger charge is 2.59. The number of esters is 1. The number of nitrogens with one attached hydrogen (secondary N) is 1.